The fourth-order valence-corrected chi connectivity index (χ4v) is 2.89. The number of hydrogen-bond acceptors (Lipinski definition) is 3. The second-order valence-corrected chi connectivity index (χ2v) is 5.86. The maximum atomic E-state index is 9.58. The van der Waals surface area contributed by atoms with Gasteiger partial charge in [0, 0.05) is 6.54 Å². The maximum Gasteiger partial charge on any atom is 0.120 e. The molecule has 0 saturated carbocycles. The van der Waals surface area contributed by atoms with Crippen LogP contribution in [0.15, 0.2) is 28.9 Å². The van der Waals surface area contributed by atoms with Crippen molar-refractivity contribution in [2.24, 2.45) is 0 Å². The van der Waals surface area contributed by atoms with E-state index in [-0.39, 0.29) is 12.6 Å². The molecule has 0 aliphatic heterocycles. The molecule has 3 nitrogen and oxygen atoms in total. The largest absolute Gasteiger partial charge is 0.468 e. The van der Waals surface area contributed by atoms with E-state index in [1.54, 1.807) is 6.26 Å². The number of rotatable bonds is 5. The maximum absolute atomic E-state index is 9.58. The standard InChI is InChI=1S/C18H25NO2/c1-12-9-13(2)17(11-20)14(3)16(12)10-19(5)15(4)18-7-6-8-21-18/h6-9,15,20H,10-11H2,1-5H3/t15-/m0/s1. The predicted molar refractivity (Wildman–Crippen MR) is 85.2 cm³/mol. The average molecular weight is 287 g/mol. The molecule has 0 saturated heterocycles. The topological polar surface area (TPSA) is 36.6 Å². The summed E-state index contributed by atoms with van der Waals surface area (Å²) >= 11 is 0. The molecule has 1 N–H and O–H groups in total. The Balaban J connectivity index is 2.27. The van der Waals surface area contributed by atoms with Crippen LogP contribution in [0.4, 0.5) is 0 Å². The molecule has 2 rings (SSSR count). The third-order valence-corrected chi connectivity index (χ3v) is 4.47. The first kappa shape index (κ1) is 15.8. The van der Waals surface area contributed by atoms with Crippen molar-refractivity contribution in [1.29, 1.82) is 0 Å². The highest BCUT2D eigenvalue weighted by Gasteiger charge is 2.17. The van der Waals surface area contributed by atoms with Gasteiger partial charge in [-0.15, -0.1) is 0 Å². The minimum absolute atomic E-state index is 0.0996. The van der Waals surface area contributed by atoms with Crippen molar-refractivity contribution in [1.82, 2.24) is 4.90 Å². The molecule has 21 heavy (non-hydrogen) atoms. The summed E-state index contributed by atoms with van der Waals surface area (Å²) in [5, 5.41) is 9.58. The van der Waals surface area contributed by atoms with Crippen LogP contribution < -0.4 is 0 Å². The molecule has 0 spiro atoms. The Bertz CT molecular complexity index is 602. The predicted octanol–water partition coefficient (Wildman–Crippen LogP) is 3.89. The molecule has 0 fully saturated rings. The number of nitrogens with zero attached hydrogens (tertiary/aromatic N) is 1. The molecule has 0 unspecified atom stereocenters. The summed E-state index contributed by atoms with van der Waals surface area (Å²) in [5.74, 6) is 0.974. The first-order valence-corrected chi connectivity index (χ1v) is 7.38. The summed E-state index contributed by atoms with van der Waals surface area (Å²) in [6, 6.07) is 6.32. The molecule has 114 valence electrons. The fraction of sp³-hybridized carbons (Fsp3) is 0.444. The number of aryl methyl sites for hydroxylation is 2. The number of hydrogen-bond donors (Lipinski definition) is 1. The third-order valence-electron chi connectivity index (χ3n) is 4.47. The van der Waals surface area contributed by atoms with Crippen LogP contribution in [0.5, 0.6) is 0 Å². The van der Waals surface area contributed by atoms with Gasteiger partial charge in [0.1, 0.15) is 5.76 Å². The quantitative estimate of drug-likeness (QED) is 0.906. The van der Waals surface area contributed by atoms with Gasteiger partial charge in [-0.1, -0.05) is 6.07 Å². The van der Waals surface area contributed by atoms with Gasteiger partial charge < -0.3 is 9.52 Å². The minimum atomic E-state index is 0.0996. The zero-order chi connectivity index (χ0) is 15.6. The second kappa shape index (κ2) is 6.46. The second-order valence-electron chi connectivity index (χ2n) is 5.86. The summed E-state index contributed by atoms with van der Waals surface area (Å²) in [4.78, 5) is 2.27. The monoisotopic (exact) mass is 287 g/mol. The zero-order valence-corrected chi connectivity index (χ0v) is 13.6. The first-order chi connectivity index (χ1) is 9.95. The molecule has 1 aromatic heterocycles. The van der Waals surface area contributed by atoms with Gasteiger partial charge in [-0.05, 0) is 74.7 Å². The van der Waals surface area contributed by atoms with Crippen LogP contribution in [-0.4, -0.2) is 17.1 Å². The highest BCUT2D eigenvalue weighted by atomic mass is 16.3. The van der Waals surface area contributed by atoms with Crippen LogP contribution >= 0.6 is 0 Å². The van der Waals surface area contributed by atoms with E-state index in [1.165, 1.54) is 16.7 Å². The van der Waals surface area contributed by atoms with E-state index < -0.39 is 0 Å². The number of furan rings is 1. The van der Waals surface area contributed by atoms with Crippen molar-refractivity contribution < 1.29 is 9.52 Å². The first-order valence-electron chi connectivity index (χ1n) is 7.38. The molecule has 0 radical (unpaired) electrons. The van der Waals surface area contributed by atoms with Crippen molar-refractivity contribution in [2.75, 3.05) is 7.05 Å². The smallest absolute Gasteiger partial charge is 0.120 e. The van der Waals surface area contributed by atoms with Gasteiger partial charge in [0.05, 0.1) is 18.9 Å². The molecule has 3 heteroatoms. The molecular weight excluding hydrogens is 262 g/mol. The van der Waals surface area contributed by atoms with E-state index in [0.717, 1.165) is 23.4 Å². The Hall–Kier alpha value is -1.58. The molecule has 0 aliphatic rings. The lowest BCUT2D eigenvalue weighted by Crippen LogP contribution is -2.23. The number of aliphatic hydroxyl groups is 1. The van der Waals surface area contributed by atoms with Crippen molar-refractivity contribution in [3.63, 3.8) is 0 Å². The Kier molecular flexibility index (Phi) is 4.86. The van der Waals surface area contributed by atoms with Crippen molar-refractivity contribution in [3.8, 4) is 0 Å². The third kappa shape index (κ3) is 3.20. The van der Waals surface area contributed by atoms with E-state index in [1.807, 2.05) is 12.1 Å². The average Bonchev–Trinajstić information content (AvgIpc) is 2.96. The van der Waals surface area contributed by atoms with Gasteiger partial charge in [0.2, 0.25) is 0 Å². The highest BCUT2D eigenvalue weighted by Crippen LogP contribution is 2.27. The van der Waals surface area contributed by atoms with Crippen LogP contribution in [-0.2, 0) is 13.2 Å². The molecule has 1 heterocycles. The lowest BCUT2D eigenvalue weighted by molar-refractivity contribution is 0.222. The van der Waals surface area contributed by atoms with E-state index in [4.69, 9.17) is 4.42 Å². The Labute approximate surface area is 127 Å². The Morgan fingerprint density at radius 1 is 1.19 bits per heavy atom. The lowest BCUT2D eigenvalue weighted by Gasteiger charge is -2.26. The van der Waals surface area contributed by atoms with Gasteiger partial charge in [-0.3, -0.25) is 4.90 Å². The Morgan fingerprint density at radius 3 is 2.43 bits per heavy atom. The fourth-order valence-electron chi connectivity index (χ4n) is 2.89. The van der Waals surface area contributed by atoms with Crippen LogP contribution in [0.2, 0.25) is 0 Å². The van der Waals surface area contributed by atoms with E-state index in [9.17, 15) is 5.11 Å². The van der Waals surface area contributed by atoms with Crippen molar-refractivity contribution in [3.05, 3.63) is 58.0 Å². The van der Waals surface area contributed by atoms with Crippen molar-refractivity contribution >= 4 is 0 Å². The number of aliphatic hydroxyl groups excluding tert-OH is 1. The van der Waals surface area contributed by atoms with E-state index in [0.29, 0.717) is 0 Å². The van der Waals surface area contributed by atoms with E-state index in [2.05, 4.69) is 45.7 Å². The van der Waals surface area contributed by atoms with Gasteiger partial charge in [0.15, 0.2) is 0 Å². The molecule has 1 atom stereocenters. The summed E-state index contributed by atoms with van der Waals surface area (Å²) < 4.78 is 5.50. The molecule has 0 bridgehead atoms. The molecule has 1 aromatic carbocycles. The van der Waals surface area contributed by atoms with Gasteiger partial charge in [-0.2, -0.15) is 0 Å². The Morgan fingerprint density at radius 2 is 1.86 bits per heavy atom. The minimum Gasteiger partial charge on any atom is -0.468 e. The SMILES string of the molecule is Cc1cc(C)c(CN(C)[C@@H](C)c2ccco2)c(C)c1CO. The van der Waals surface area contributed by atoms with Gasteiger partial charge in [-0.25, -0.2) is 0 Å². The highest BCUT2D eigenvalue weighted by molar-refractivity contribution is 5.44. The number of benzene rings is 1. The lowest BCUT2D eigenvalue weighted by atomic mass is 9.93. The van der Waals surface area contributed by atoms with Crippen LogP contribution in [0.1, 0.15) is 46.5 Å². The van der Waals surface area contributed by atoms with Crippen LogP contribution in [0, 0.1) is 20.8 Å². The molecule has 0 amide bonds. The summed E-state index contributed by atoms with van der Waals surface area (Å²) in [5.41, 5.74) is 5.99. The van der Waals surface area contributed by atoms with Gasteiger partial charge >= 0.3 is 0 Å². The van der Waals surface area contributed by atoms with E-state index >= 15 is 0 Å². The van der Waals surface area contributed by atoms with Crippen molar-refractivity contribution in [2.45, 2.75) is 46.9 Å². The van der Waals surface area contributed by atoms with Gasteiger partial charge in [0.25, 0.3) is 0 Å². The molecular formula is C18H25NO2. The summed E-state index contributed by atoms with van der Waals surface area (Å²) in [7, 11) is 2.10. The summed E-state index contributed by atoms with van der Waals surface area (Å²) in [6.45, 7) is 9.39. The summed E-state index contributed by atoms with van der Waals surface area (Å²) in [6.07, 6.45) is 1.71. The van der Waals surface area contributed by atoms with Crippen LogP contribution in [0.3, 0.4) is 0 Å². The molecule has 0 aliphatic carbocycles. The van der Waals surface area contributed by atoms with Crippen LogP contribution in [0.25, 0.3) is 0 Å². The molecule has 2 aromatic rings. The normalized spacial score (nSPS) is 12.9. The zero-order valence-electron chi connectivity index (χ0n) is 13.6.